The van der Waals surface area contributed by atoms with Crippen molar-refractivity contribution in [3.8, 4) is 0 Å². The van der Waals surface area contributed by atoms with Gasteiger partial charge in [0, 0.05) is 0 Å². The molecule has 20 heavy (non-hydrogen) atoms. The first-order valence-corrected chi connectivity index (χ1v) is 8.80. The van der Waals surface area contributed by atoms with E-state index in [1.165, 1.54) is 18.4 Å². The predicted molar refractivity (Wildman–Crippen MR) is 89.4 cm³/mol. The van der Waals surface area contributed by atoms with Crippen molar-refractivity contribution in [3.05, 3.63) is 78.9 Å². The second-order valence-electron chi connectivity index (χ2n) is 4.43. The van der Waals surface area contributed by atoms with Crippen LogP contribution in [0.25, 0.3) is 0 Å². The van der Waals surface area contributed by atoms with Crippen molar-refractivity contribution in [2.75, 3.05) is 0 Å². The molecule has 0 N–H and O–H groups in total. The molecule has 2 aliphatic rings. The smallest absolute Gasteiger partial charge is 0.0398 e. The van der Waals surface area contributed by atoms with Crippen molar-refractivity contribution in [2.45, 2.75) is 19.8 Å². The number of hydrogen-bond donors (Lipinski definition) is 0. The number of allylic oxidation sites excluding steroid dienone is 8. The number of hydrogen-bond acceptors (Lipinski definition) is 0. The molecular weight excluding hydrogens is 366 g/mol. The summed E-state index contributed by atoms with van der Waals surface area (Å²) in [4.78, 5) is 0. The summed E-state index contributed by atoms with van der Waals surface area (Å²) in [7, 11) is 0. The Morgan fingerprint density at radius 1 is 0.800 bits per heavy atom. The van der Waals surface area contributed by atoms with E-state index in [1.54, 1.807) is 6.56 Å². The molecule has 0 nitrogen and oxygen atoms in total. The van der Waals surface area contributed by atoms with Crippen LogP contribution in [0.3, 0.4) is 0 Å². The van der Waals surface area contributed by atoms with Crippen LogP contribution < -0.4 is 0 Å². The van der Waals surface area contributed by atoms with Crippen LogP contribution in [0.4, 0.5) is 0 Å². The SMILES string of the molecule is C1=CC[C]([Zr][C]2=CC=CC2)=C1.Cc1ccccc1.Cl.Cl. The Morgan fingerprint density at radius 3 is 1.60 bits per heavy atom. The molecule has 0 unspecified atom stereocenters. The number of halogens is 2. The molecule has 0 fully saturated rings. The van der Waals surface area contributed by atoms with E-state index in [4.69, 9.17) is 0 Å². The molecule has 0 amide bonds. The molecule has 0 saturated heterocycles. The molecule has 3 rings (SSSR count). The van der Waals surface area contributed by atoms with Gasteiger partial charge < -0.3 is 0 Å². The van der Waals surface area contributed by atoms with E-state index in [0.29, 0.717) is 0 Å². The molecule has 1 aromatic carbocycles. The predicted octanol–water partition coefficient (Wildman–Crippen LogP) is 5.60. The van der Waals surface area contributed by atoms with Crippen molar-refractivity contribution in [1.29, 1.82) is 0 Å². The summed E-state index contributed by atoms with van der Waals surface area (Å²) in [6.07, 6.45) is 16.0. The van der Waals surface area contributed by atoms with Crippen molar-refractivity contribution in [1.82, 2.24) is 0 Å². The van der Waals surface area contributed by atoms with Crippen LogP contribution >= 0.6 is 24.8 Å². The molecule has 0 heterocycles. The van der Waals surface area contributed by atoms with Crippen molar-refractivity contribution < 1.29 is 23.2 Å². The minimum atomic E-state index is -0.312. The zero-order chi connectivity index (χ0) is 12.6. The molecule has 106 valence electrons. The second kappa shape index (κ2) is 11.3. The quantitative estimate of drug-likeness (QED) is 0.621. The Balaban J connectivity index is 0.000000356. The van der Waals surface area contributed by atoms with E-state index in [1.807, 2.05) is 18.2 Å². The molecule has 0 radical (unpaired) electrons. The van der Waals surface area contributed by atoms with E-state index >= 15 is 0 Å². The van der Waals surface area contributed by atoms with Gasteiger partial charge in [-0.15, -0.1) is 24.8 Å². The zero-order valence-corrected chi connectivity index (χ0v) is 15.7. The first-order valence-electron chi connectivity index (χ1n) is 6.34. The number of benzene rings is 1. The van der Waals surface area contributed by atoms with Gasteiger partial charge in [0.1, 0.15) is 0 Å². The van der Waals surface area contributed by atoms with Crippen LogP contribution in [0, 0.1) is 6.92 Å². The van der Waals surface area contributed by atoms with Crippen molar-refractivity contribution in [3.63, 3.8) is 0 Å². The van der Waals surface area contributed by atoms with E-state index in [0.717, 1.165) is 0 Å². The third kappa shape index (κ3) is 7.43. The average molecular weight is 386 g/mol. The van der Waals surface area contributed by atoms with Gasteiger partial charge in [-0.05, 0) is 6.92 Å². The van der Waals surface area contributed by atoms with Crippen LogP contribution in [0.5, 0.6) is 0 Å². The van der Waals surface area contributed by atoms with Gasteiger partial charge in [-0.1, -0.05) is 35.9 Å². The Hall–Kier alpha value is -0.357. The summed E-state index contributed by atoms with van der Waals surface area (Å²) in [6.45, 7) is 2.08. The second-order valence-corrected chi connectivity index (χ2v) is 8.20. The van der Waals surface area contributed by atoms with Gasteiger partial charge in [-0.2, -0.15) is 0 Å². The summed E-state index contributed by atoms with van der Waals surface area (Å²) in [6, 6.07) is 10.3. The van der Waals surface area contributed by atoms with Crippen molar-refractivity contribution >= 4 is 24.8 Å². The molecule has 0 aliphatic heterocycles. The summed E-state index contributed by atoms with van der Waals surface area (Å²) in [5, 5.41) is 0. The van der Waals surface area contributed by atoms with Crippen molar-refractivity contribution in [2.24, 2.45) is 0 Å². The Labute approximate surface area is 146 Å². The van der Waals surface area contributed by atoms with Gasteiger partial charge >= 0.3 is 79.1 Å². The van der Waals surface area contributed by atoms with Crippen LogP contribution in [-0.2, 0) is 23.2 Å². The summed E-state index contributed by atoms with van der Waals surface area (Å²) < 4.78 is 3.45. The first-order chi connectivity index (χ1) is 8.84. The van der Waals surface area contributed by atoms with Gasteiger partial charge in [0.25, 0.3) is 0 Å². The molecule has 0 spiro atoms. The Kier molecular flexibility index (Phi) is 11.1. The van der Waals surface area contributed by atoms with Gasteiger partial charge in [0.05, 0.1) is 0 Å². The topological polar surface area (TPSA) is 0 Å². The van der Waals surface area contributed by atoms with Crippen LogP contribution in [0.1, 0.15) is 18.4 Å². The van der Waals surface area contributed by atoms with E-state index in [-0.39, 0.29) is 48.0 Å². The molecule has 1 aromatic rings. The monoisotopic (exact) mass is 384 g/mol. The minimum Gasteiger partial charge on any atom is -0.147 e. The fraction of sp³-hybridized carbons (Fsp3) is 0.176. The fourth-order valence-electron chi connectivity index (χ4n) is 1.82. The normalized spacial score (nSPS) is 14.2. The Bertz CT molecular complexity index is 471. The molecule has 3 heteroatoms. The summed E-state index contributed by atoms with van der Waals surface area (Å²) >= 11 is -0.312. The fourth-order valence-corrected chi connectivity index (χ4v) is 4.80. The third-order valence-electron chi connectivity index (χ3n) is 2.80. The molecule has 2 aliphatic carbocycles. The Morgan fingerprint density at radius 2 is 1.30 bits per heavy atom. The standard InChI is InChI=1S/C7H8.2C5H5.2ClH.Zr/c1-7-5-3-2-4-6-7;2*1-2-4-5-3-1;;;/h2-6H,1H3;2*1-3H,4H2;2*1H;. The van der Waals surface area contributed by atoms with E-state index < -0.39 is 0 Å². The molecule has 0 bridgehead atoms. The number of aryl methyl sites for hydroxylation is 1. The average Bonchev–Trinajstić information content (AvgIpc) is 3.05. The molecular formula is C17H20Cl2Zr. The largest absolute Gasteiger partial charge is 0.147 e. The maximum absolute atomic E-state index is 2.31. The summed E-state index contributed by atoms with van der Waals surface area (Å²) in [5.41, 5.74) is 1.32. The molecule has 0 saturated carbocycles. The maximum Gasteiger partial charge on any atom is -0.0398 e. The van der Waals surface area contributed by atoms with Crippen LogP contribution in [0.2, 0.25) is 0 Å². The first kappa shape index (κ1) is 19.6. The zero-order valence-electron chi connectivity index (χ0n) is 11.6. The van der Waals surface area contributed by atoms with Gasteiger partial charge in [-0.3, -0.25) is 0 Å². The van der Waals surface area contributed by atoms with E-state index in [2.05, 4.69) is 55.5 Å². The van der Waals surface area contributed by atoms with E-state index in [9.17, 15) is 0 Å². The van der Waals surface area contributed by atoms with Gasteiger partial charge in [0.15, 0.2) is 0 Å². The van der Waals surface area contributed by atoms with Crippen LogP contribution in [-0.4, -0.2) is 0 Å². The molecule has 0 atom stereocenters. The van der Waals surface area contributed by atoms with Gasteiger partial charge in [-0.25, -0.2) is 0 Å². The minimum absolute atomic E-state index is 0. The number of rotatable bonds is 2. The maximum atomic E-state index is 2.31. The van der Waals surface area contributed by atoms with Gasteiger partial charge in [0.2, 0.25) is 0 Å². The third-order valence-corrected chi connectivity index (χ3v) is 6.21. The van der Waals surface area contributed by atoms with Crippen LogP contribution in [0.15, 0.2) is 73.3 Å². The summed E-state index contributed by atoms with van der Waals surface area (Å²) in [5.74, 6) is 0. The molecule has 0 aromatic heterocycles.